The fourth-order valence-corrected chi connectivity index (χ4v) is 3.10. The first-order valence-electron chi connectivity index (χ1n) is 3.87. The quantitative estimate of drug-likeness (QED) is 0.837. The van der Waals surface area contributed by atoms with Crippen molar-refractivity contribution < 1.29 is 0 Å². The van der Waals surface area contributed by atoms with Crippen LogP contribution in [0.2, 0.25) is 0 Å². The van der Waals surface area contributed by atoms with E-state index >= 15 is 0 Å². The lowest BCUT2D eigenvalue weighted by atomic mass is 10.4. The Bertz CT molecular complexity index is 408. The van der Waals surface area contributed by atoms with Gasteiger partial charge in [0.25, 0.3) is 0 Å². The van der Waals surface area contributed by atoms with Gasteiger partial charge in [-0.15, -0.1) is 21.5 Å². The van der Waals surface area contributed by atoms with Gasteiger partial charge >= 0.3 is 0 Å². The molecule has 0 atom stereocenters. The van der Waals surface area contributed by atoms with Gasteiger partial charge in [0.1, 0.15) is 0 Å². The van der Waals surface area contributed by atoms with Crippen LogP contribution in [-0.2, 0) is 6.42 Å². The van der Waals surface area contributed by atoms with Crippen LogP contribution in [0.25, 0.3) is 9.88 Å². The van der Waals surface area contributed by atoms with E-state index in [9.17, 15) is 0 Å². The number of halogens is 1. The van der Waals surface area contributed by atoms with Crippen molar-refractivity contribution in [3.05, 3.63) is 20.9 Å². The van der Waals surface area contributed by atoms with Crippen LogP contribution in [0.3, 0.4) is 0 Å². The van der Waals surface area contributed by atoms with Crippen molar-refractivity contribution in [3.63, 3.8) is 0 Å². The molecule has 0 saturated heterocycles. The third-order valence-electron chi connectivity index (χ3n) is 1.62. The zero-order valence-corrected chi connectivity index (χ0v) is 10.2. The van der Waals surface area contributed by atoms with Crippen LogP contribution >= 0.6 is 38.6 Å². The topological polar surface area (TPSA) is 25.8 Å². The summed E-state index contributed by atoms with van der Waals surface area (Å²) >= 11 is 6.66. The summed E-state index contributed by atoms with van der Waals surface area (Å²) in [7, 11) is 0. The van der Waals surface area contributed by atoms with Crippen LogP contribution in [0.15, 0.2) is 16.0 Å². The molecular weight excluding hydrogens is 268 g/mol. The number of hydrogen-bond acceptors (Lipinski definition) is 4. The SMILES string of the molecule is CCc1ccc(-c2nnc(Br)s2)s1. The van der Waals surface area contributed by atoms with E-state index in [0.717, 1.165) is 15.3 Å². The summed E-state index contributed by atoms with van der Waals surface area (Å²) in [6.45, 7) is 2.16. The van der Waals surface area contributed by atoms with Gasteiger partial charge in [-0.3, -0.25) is 0 Å². The molecule has 13 heavy (non-hydrogen) atoms. The highest BCUT2D eigenvalue weighted by molar-refractivity contribution is 9.11. The number of rotatable bonds is 2. The maximum atomic E-state index is 4.07. The lowest BCUT2D eigenvalue weighted by molar-refractivity contribution is 1.08. The number of aromatic nitrogens is 2. The fraction of sp³-hybridized carbons (Fsp3) is 0.250. The van der Waals surface area contributed by atoms with Gasteiger partial charge in [0.05, 0.1) is 4.88 Å². The average molecular weight is 275 g/mol. The van der Waals surface area contributed by atoms with Gasteiger partial charge in [-0.05, 0) is 34.5 Å². The van der Waals surface area contributed by atoms with Gasteiger partial charge < -0.3 is 0 Å². The van der Waals surface area contributed by atoms with Gasteiger partial charge in [0, 0.05) is 4.88 Å². The van der Waals surface area contributed by atoms with E-state index in [4.69, 9.17) is 0 Å². The number of thiophene rings is 1. The third-order valence-corrected chi connectivity index (χ3v) is 4.38. The average Bonchev–Trinajstić information content (AvgIpc) is 2.71. The first-order valence-corrected chi connectivity index (χ1v) is 6.30. The first kappa shape index (κ1) is 9.30. The highest BCUT2D eigenvalue weighted by Crippen LogP contribution is 2.31. The Hall–Kier alpha value is -0.260. The van der Waals surface area contributed by atoms with Gasteiger partial charge in [-0.1, -0.05) is 18.3 Å². The molecule has 0 unspecified atom stereocenters. The van der Waals surface area contributed by atoms with Gasteiger partial charge in [0.2, 0.25) is 0 Å². The molecule has 2 aromatic rings. The zero-order valence-electron chi connectivity index (χ0n) is 6.95. The molecule has 0 aliphatic rings. The second kappa shape index (κ2) is 3.86. The molecule has 0 aromatic carbocycles. The van der Waals surface area contributed by atoms with Crippen LogP contribution in [0.4, 0.5) is 0 Å². The summed E-state index contributed by atoms with van der Waals surface area (Å²) < 4.78 is 0.842. The van der Waals surface area contributed by atoms with E-state index in [1.165, 1.54) is 9.75 Å². The molecule has 68 valence electrons. The lowest BCUT2D eigenvalue weighted by Crippen LogP contribution is -1.69. The largest absolute Gasteiger partial charge is 0.183 e. The molecule has 0 radical (unpaired) electrons. The van der Waals surface area contributed by atoms with Gasteiger partial charge in [0.15, 0.2) is 8.92 Å². The molecule has 2 nitrogen and oxygen atoms in total. The van der Waals surface area contributed by atoms with Gasteiger partial charge in [-0.2, -0.15) is 0 Å². The molecule has 0 N–H and O–H groups in total. The molecule has 0 aliphatic carbocycles. The molecule has 2 aromatic heterocycles. The van der Waals surface area contributed by atoms with E-state index in [-0.39, 0.29) is 0 Å². The summed E-state index contributed by atoms with van der Waals surface area (Å²) in [5, 5.41) is 8.98. The Kier molecular flexibility index (Phi) is 2.76. The molecule has 5 heteroatoms. The molecular formula is C8H7BrN2S2. The smallest absolute Gasteiger partial charge is 0.138 e. The van der Waals surface area contributed by atoms with Gasteiger partial charge in [-0.25, -0.2) is 0 Å². The summed E-state index contributed by atoms with van der Waals surface area (Å²) in [5.41, 5.74) is 0. The Morgan fingerprint density at radius 3 is 2.69 bits per heavy atom. The molecule has 2 heterocycles. The number of aryl methyl sites for hydroxylation is 1. The van der Waals surface area contributed by atoms with Crippen molar-refractivity contribution in [1.29, 1.82) is 0 Å². The second-order valence-corrected chi connectivity index (χ2v) is 5.90. The minimum Gasteiger partial charge on any atom is -0.138 e. The molecule has 0 saturated carbocycles. The number of nitrogens with zero attached hydrogens (tertiary/aromatic N) is 2. The molecule has 0 fully saturated rings. The second-order valence-electron chi connectivity index (χ2n) is 2.48. The van der Waals surface area contributed by atoms with Crippen molar-refractivity contribution in [3.8, 4) is 9.88 Å². The van der Waals surface area contributed by atoms with Crippen molar-refractivity contribution in [2.75, 3.05) is 0 Å². The van der Waals surface area contributed by atoms with Crippen LogP contribution in [0.1, 0.15) is 11.8 Å². The minimum absolute atomic E-state index is 0.842. The number of hydrogen-bond donors (Lipinski definition) is 0. The minimum atomic E-state index is 0.842. The molecule has 2 rings (SSSR count). The molecule has 0 bridgehead atoms. The van der Waals surface area contributed by atoms with Crippen LogP contribution in [-0.4, -0.2) is 10.2 Å². The predicted octanol–water partition coefficient (Wildman–Crippen LogP) is 3.59. The summed E-state index contributed by atoms with van der Waals surface area (Å²) in [5.74, 6) is 0. The van der Waals surface area contributed by atoms with E-state index in [0.29, 0.717) is 0 Å². The normalized spacial score (nSPS) is 10.6. The fourth-order valence-electron chi connectivity index (χ4n) is 0.988. The maximum absolute atomic E-state index is 4.07. The van der Waals surface area contributed by atoms with E-state index in [1.807, 2.05) is 0 Å². The summed E-state index contributed by atoms with van der Waals surface area (Å²) in [6.07, 6.45) is 1.09. The van der Waals surface area contributed by atoms with Crippen molar-refractivity contribution in [2.24, 2.45) is 0 Å². The highest BCUT2D eigenvalue weighted by atomic mass is 79.9. The monoisotopic (exact) mass is 274 g/mol. The molecule has 0 aliphatic heterocycles. The van der Waals surface area contributed by atoms with Crippen molar-refractivity contribution >= 4 is 38.6 Å². The Labute approximate surface area is 92.8 Å². The predicted molar refractivity (Wildman–Crippen MR) is 60.3 cm³/mol. The van der Waals surface area contributed by atoms with Crippen LogP contribution in [0.5, 0.6) is 0 Å². The summed E-state index contributed by atoms with van der Waals surface area (Å²) in [6, 6.07) is 4.26. The highest BCUT2D eigenvalue weighted by Gasteiger charge is 2.06. The van der Waals surface area contributed by atoms with E-state index in [1.54, 1.807) is 22.7 Å². The molecule has 0 spiro atoms. The molecule has 0 amide bonds. The Morgan fingerprint density at radius 1 is 1.31 bits per heavy atom. The Balaban J connectivity index is 2.35. The van der Waals surface area contributed by atoms with Crippen molar-refractivity contribution in [1.82, 2.24) is 10.2 Å². The van der Waals surface area contributed by atoms with E-state index < -0.39 is 0 Å². The Morgan fingerprint density at radius 2 is 2.15 bits per heavy atom. The third kappa shape index (κ3) is 1.98. The maximum Gasteiger partial charge on any atom is 0.183 e. The standard InChI is InChI=1S/C8H7BrN2S2/c1-2-5-3-4-6(12-5)7-10-11-8(9)13-7/h3-4H,2H2,1H3. The first-order chi connectivity index (χ1) is 6.29. The van der Waals surface area contributed by atoms with Crippen LogP contribution < -0.4 is 0 Å². The summed E-state index contributed by atoms with van der Waals surface area (Å²) in [4.78, 5) is 2.60. The van der Waals surface area contributed by atoms with Crippen molar-refractivity contribution in [2.45, 2.75) is 13.3 Å². The van der Waals surface area contributed by atoms with E-state index in [2.05, 4.69) is 45.2 Å². The van der Waals surface area contributed by atoms with Crippen LogP contribution in [0, 0.1) is 0 Å². The zero-order chi connectivity index (χ0) is 9.26. The lowest BCUT2D eigenvalue weighted by Gasteiger charge is -1.85.